The lowest BCUT2D eigenvalue weighted by Crippen LogP contribution is -1.93. The van der Waals surface area contributed by atoms with Gasteiger partial charge in [-0.3, -0.25) is 0 Å². The lowest BCUT2D eigenvalue weighted by atomic mass is 10.0. The standard InChI is InChI=1S/C14H21BrO/c1-3-5-7-11-9-13(15)10-12(14(11)16)8-6-4-2/h9-10,16H,3-8H2,1-2H3. The monoisotopic (exact) mass is 284 g/mol. The van der Waals surface area contributed by atoms with Crippen LogP contribution in [-0.4, -0.2) is 5.11 Å². The Bertz CT molecular complexity index is 305. The third-order valence-corrected chi connectivity index (χ3v) is 3.29. The number of aromatic hydroxyl groups is 1. The van der Waals surface area contributed by atoms with Gasteiger partial charge >= 0.3 is 0 Å². The maximum atomic E-state index is 10.1. The van der Waals surface area contributed by atoms with Gasteiger partial charge in [-0.15, -0.1) is 0 Å². The first-order valence-corrected chi connectivity index (χ1v) is 6.98. The summed E-state index contributed by atoms with van der Waals surface area (Å²) < 4.78 is 1.09. The van der Waals surface area contributed by atoms with Crippen LogP contribution in [0.2, 0.25) is 0 Å². The molecule has 0 fully saturated rings. The molecule has 90 valence electrons. The second-order valence-electron chi connectivity index (χ2n) is 4.28. The summed E-state index contributed by atoms with van der Waals surface area (Å²) in [6, 6.07) is 4.08. The Morgan fingerprint density at radius 3 is 1.81 bits per heavy atom. The fraction of sp³-hybridized carbons (Fsp3) is 0.571. The van der Waals surface area contributed by atoms with Gasteiger partial charge in [0.05, 0.1) is 0 Å². The molecule has 0 saturated carbocycles. The van der Waals surface area contributed by atoms with Crippen molar-refractivity contribution in [2.75, 3.05) is 0 Å². The van der Waals surface area contributed by atoms with Crippen molar-refractivity contribution in [3.8, 4) is 5.75 Å². The molecule has 0 aliphatic rings. The molecule has 0 aromatic heterocycles. The van der Waals surface area contributed by atoms with Gasteiger partial charge in [-0.05, 0) is 48.9 Å². The molecule has 0 heterocycles. The van der Waals surface area contributed by atoms with E-state index in [1.165, 1.54) is 0 Å². The number of hydrogen-bond donors (Lipinski definition) is 1. The molecule has 2 heteroatoms. The van der Waals surface area contributed by atoms with Crippen molar-refractivity contribution in [3.63, 3.8) is 0 Å². The first-order valence-electron chi connectivity index (χ1n) is 6.19. The van der Waals surface area contributed by atoms with E-state index in [-0.39, 0.29) is 0 Å². The summed E-state index contributed by atoms with van der Waals surface area (Å²) in [5, 5.41) is 10.1. The molecule has 0 bridgehead atoms. The van der Waals surface area contributed by atoms with Gasteiger partial charge in [0.25, 0.3) is 0 Å². The maximum absolute atomic E-state index is 10.1. The molecule has 0 amide bonds. The van der Waals surface area contributed by atoms with Gasteiger partial charge in [0.2, 0.25) is 0 Å². The van der Waals surface area contributed by atoms with E-state index < -0.39 is 0 Å². The van der Waals surface area contributed by atoms with Crippen molar-refractivity contribution in [3.05, 3.63) is 27.7 Å². The minimum atomic E-state index is 0.519. The average Bonchev–Trinajstić information content (AvgIpc) is 2.28. The molecular weight excluding hydrogens is 264 g/mol. The van der Waals surface area contributed by atoms with Gasteiger partial charge in [0.15, 0.2) is 0 Å². The van der Waals surface area contributed by atoms with Crippen LogP contribution in [0.1, 0.15) is 50.7 Å². The van der Waals surface area contributed by atoms with Crippen LogP contribution in [-0.2, 0) is 12.8 Å². The summed E-state index contributed by atoms with van der Waals surface area (Å²) in [6.07, 6.45) is 6.54. The Kier molecular flexibility index (Phi) is 5.89. The number of phenols is 1. The van der Waals surface area contributed by atoms with Crippen molar-refractivity contribution in [1.82, 2.24) is 0 Å². The van der Waals surface area contributed by atoms with Gasteiger partial charge in [0.1, 0.15) is 5.75 Å². The van der Waals surface area contributed by atoms with Crippen LogP contribution >= 0.6 is 15.9 Å². The molecule has 16 heavy (non-hydrogen) atoms. The first kappa shape index (κ1) is 13.6. The van der Waals surface area contributed by atoms with Gasteiger partial charge < -0.3 is 5.11 Å². The third kappa shape index (κ3) is 3.82. The van der Waals surface area contributed by atoms with E-state index in [0.717, 1.165) is 54.1 Å². The van der Waals surface area contributed by atoms with Gasteiger partial charge in [-0.2, -0.15) is 0 Å². The molecule has 1 aromatic rings. The van der Waals surface area contributed by atoms with E-state index in [1.807, 2.05) is 12.1 Å². The van der Waals surface area contributed by atoms with Crippen LogP contribution in [0.5, 0.6) is 5.75 Å². The molecule has 0 aliphatic heterocycles. The maximum Gasteiger partial charge on any atom is 0.122 e. The zero-order valence-electron chi connectivity index (χ0n) is 10.2. The minimum absolute atomic E-state index is 0.519. The normalized spacial score (nSPS) is 10.7. The predicted octanol–water partition coefficient (Wildman–Crippen LogP) is 4.84. The van der Waals surface area contributed by atoms with Crippen LogP contribution in [0.15, 0.2) is 16.6 Å². The van der Waals surface area contributed by atoms with Crippen molar-refractivity contribution >= 4 is 15.9 Å². The molecule has 0 radical (unpaired) electrons. The van der Waals surface area contributed by atoms with Crippen LogP contribution in [0.3, 0.4) is 0 Å². The van der Waals surface area contributed by atoms with E-state index in [0.29, 0.717) is 5.75 Å². The zero-order chi connectivity index (χ0) is 12.0. The average molecular weight is 285 g/mol. The van der Waals surface area contributed by atoms with E-state index in [4.69, 9.17) is 0 Å². The van der Waals surface area contributed by atoms with Crippen molar-refractivity contribution in [2.45, 2.75) is 52.4 Å². The van der Waals surface area contributed by atoms with Gasteiger partial charge in [0, 0.05) is 4.47 Å². The fourth-order valence-corrected chi connectivity index (χ4v) is 2.39. The Morgan fingerprint density at radius 1 is 1.00 bits per heavy atom. The minimum Gasteiger partial charge on any atom is -0.507 e. The van der Waals surface area contributed by atoms with Crippen LogP contribution in [0.4, 0.5) is 0 Å². The first-order chi connectivity index (χ1) is 7.69. The van der Waals surface area contributed by atoms with Crippen LogP contribution in [0, 0.1) is 0 Å². The molecular formula is C14H21BrO. The number of phenolic OH excluding ortho intramolecular Hbond substituents is 1. The number of halogens is 1. The highest BCUT2D eigenvalue weighted by molar-refractivity contribution is 9.10. The Hall–Kier alpha value is -0.500. The van der Waals surface area contributed by atoms with Crippen LogP contribution < -0.4 is 0 Å². The summed E-state index contributed by atoms with van der Waals surface area (Å²) in [5.74, 6) is 0.519. The topological polar surface area (TPSA) is 20.2 Å². The Labute approximate surface area is 107 Å². The molecule has 1 nitrogen and oxygen atoms in total. The summed E-state index contributed by atoms with van der Waals surface area (Å²) in [5.41, 5.74) is 2.17. The molecule has 1 N–H and O–H groups in total. The summed E-state index contributed by atoms with van der Waals surface area (Å²) in [6.45, 7) is 4.35. The number of rotatable bonds is 6. The Balaban J connectivity index is 2.86. The summed E-state index contributed by atoms with van der Waals surface area (Å²) in [7, 11) is 0. The number of aryl methyl sites for hydroxylation is 2. The molecule has 0 atom stereocenters. The van der Waals surface area contributed by atoms with E-state index in [2.05, 4.69) is 29.8 Å². The molecule has 0 unspecified atom stereocenters. The van der Waals surface area contributed by atoms with Crippen LogP contribution in [0.25, 0.3) is 0 Å². The summed E-state index contributed by atoms with van der Waals surface area (Å²) >= 11 is 3.52. The highest BCUT2D eigenvalue weighted by Gasteiger charge is 2.08. The van der Waals surface area contributed by atoms with E-state index in [1.54, 1.807) is 0 Å². The second-order valence-corrected chi connectivity index (χ2v) is 5.20. The lowest BCUT2D eigenvalue weighted by Gasteiger charge is -2.10. The third-order valence-electron chi connectivity index (χ3n) is 2.83. The van der Waals surface area contributed by atoms with Gasteiger partial charge in [-0.25, -0.2) is 0 Å². The molecule has 0 spiro atoms. The summed E-state index contributed by atoms with van der Waals surface area (Å²) in [4.78, 5) is 0. The highest BCUT2D eigenvalue weighted by Crippen LogP contribution is 2.29. The second kappa shape index (κ2) is 6.95. The predicted molar refractivity (Wildman–Crippen MR) is 73.0 cm³/mol. The number of benzene rings is 1. The van der Waals surface area contributed by atoms with Crippen molar-refractivity contribution in [2.24, 2.45) is 0 Å². The molecule has 1 aromatic carbocycles. The molecule has 0 saturated heterocycles. The van der Waals surface area contributed by atoms with Crippen molar-refractivity contribution < 1.29 is 5.11 Å². The molecule has 1 rings (SSSR count). The SMILES string of the molecule is CCCCc1cc(Br)cc(CCCC)c1O. The van der Waals surface area contributed by atoms with Gasteiger partial charge in [-0.1, -0.05) is 42.6 Å². The Morgan fingerprint density at radius 2 is 1.44 bits per heavy atom. The largest absolute Gasteiger partial charge is 0.507 e. The highest BCUT2D eigenvalue weighted by atomic mass is 79.9. The lowest BCUT2D eigenvalue weighted by molar-refractivity contribution is 0.458. The van der Waals surface area contributed by atoms with E-state index in [9.17, 15) is 5.11 Å². The van der Waals surface area contributed by atoms with E-state index >= 15 is 0 Å². The number of hydrogen-bond acceptors (Lipinski definition) is 1. The number of unbranched alkanes of at least 4 members (excludes halogenated alkanes) is 2. The fourth-order valence-electron chi connectivity index (χ4n) is 1.83. The zero-order valence-corrected chi connectivity index (χ0v) is 11.8. The van der Waals surface area contributed by atoms with Crippen molar-refractivity contribution in [1.29, 1.82) is 0 Å². The quantitative estimate of drug-likeness (QED) is 0.793. The molecule has 0 aliphatic carbocycles. The smallest absolute Gasteiger partial charge is 0.122 e.